The lowest BCUT2D eigenvalue weighted by Crippen LogP contribution is -2.16. The third kappa shape index (κ3) is 1.14. The van der Waals surface area contributed by atoms with Gasteiger partial charge in [0, 0.05) is 0 Å². The van der Waals surface area contributed by atoms with Gasteiger partial charge in [-0.25, -0.2) is 0 Å². The Kier molecular flexibility index (Phi) is 1.70. The minimum Gasteiger partial charge on any atom is -0.399 e. The van der Waals surface area contributed by atoms with E-state index in [2.05, 4.69) is 15.1 Å². The molecule has 0 saturated heterocycles. The van der Waals surface area contributed by atoms with Gasteiger partial charge in [-0.2, -0.15) is 0 Å². The lowest BCUT2D eigenvalue weighted by Gasteiger charge is -2.02. The molecule has 1 aliphatic rings. The first-order chi connectivity index (χ1) is 6.33. The Hall–Kier alpha value is -1.91. The van der Waals surface area contributed by atoms with E-state index < -0.39 is 0 Å². The van der Waals surface area contributed by atoms with Crippen molar-refractivity contribution in [3.8, 4) is 0 Å². The number of oxime groups is 1. The van der Waals surface area contributed by atoms with E-state index in [1.54, 1.807) is 6.08 Å². The van der Waals surface area contributed by atoms with E-state index in [0.29, 0.717) is 11.3 Å². The molecule has 0 N–H and O–H groups in total. The number of hydrogen-bond acceptors (Lipinski definition) is 5. The zero-order valence-electron chi connectivity index (χ0n) is 6.85. The van der Waals surface area contributed by atoms with Crippen LogP contribution in [0, 0.1) is 0 Å². The molecule has 5 heteroatoms. The molecule has 1 aromatic heterocycles. The summed E-state index contributed by atoms with van der Waals surface area (Å²) in [5, 5.41) is 7.27. The van der Waals surface area contributed by atoms with Crippen molar-refractivity contribution in [2.45, 2.75) is 0 Å². The Balaban J connectivity index is 2.55. The molecule has 0 bridgehead atoms. The van der Waals surface area contributed by atoms with Crippen molar-refractivity contribution in [1.29, 1.82) is 0 Å². The molecule has 0 saturated carbocycles. The summed E-state index contributed by atoms with van der Waals surface area (Å²) in [4.78, 5) is 15.8. The van der Waals surface area contributed by atoms with Gasteiger partial charge in [0.2, 0.25) is 5.78 Å². The number of allylic oxidation sites excluding steroid dienone is 1. The summed E-state index contributed by atoms with van der Waals surface area (Å²) in [6.45, 7) is 0. The molecule has 2 rings (SSSR count). The molecule has 0 aliphatic heterocycles. The van der Waals surface area contributed by atoms with Gasteiger partial charge in [-0.05, 0) is 12.2 Å². The normalized spacial score (nSPS) is 17.6. The number of hydrogen-bond donors (Lipinski definition) is 0. The molecular formula is C8H6N2O3. The van der Waals surface area contributed by atoms with Gasteiger partial charge in [0.25, 0.3) is 0 Å². The maximum absolute atomic E-state index is 11.3. The molecular weight excluding hydrogens is 172 g/mol. The highest BCUT2D eigenvalue weighted by Crippen LogP contribution is 2.16. The topological polar surface area (TPSA) is 64.7 Å². The third-order valence-electron chi connectivity index (χ3n) is 1.66. The van der Waals surface area contributed by atoms with E-state index in [1.165, 1.54) is 19.4 Å². The van der Waals surface area contributed by atoms with E-state index in [4.69, 9.17) is 4.52 Å². The van der Waals surface area contributed by atoms with Gasteiger partial charge in [0.1, 0.15) is 19.1 Å². The number of nitrogens with zero attached hydrogens (tertiary/aromatic N) is 2. The predicted octanol–water partition coefficient (Wildman–Crippen LogP) is 0.621. The molecule has 0 radical (unpaired) electrons. The van der Waals surface area contributed by atoms with Crippen LogP contribution in [-0.2, 0) is 9.63 Å². The lowest BCUT2D eigenvalue weighted by atomic mass is 10.0. The maximum Gasteiger partial charge on any atom is 0.208 e. The fraction of sp³-hybridized carbons (Fsp3) is 0.125. The Morgan fingerprint density at radius 1 is 1.54 bits per heavy atom. The van der Waals surface area contributed by atoms with Crippen molar-refractivity contribution in [3.05, 3.63) is 23.6 Å². The zero-order valence-corrected chi connectivity index (χ0v) is 6.85. The number of rotatable bonds is 1. The second-order valence-corrected chi connectivity index (χ2v) is 2.43. The summed E-state index contributed by atoms with van der Waals surface area (Å²) < 4.78 is 4.70. The van der Waals surface area contributed by atoms with Gasteiger partial charge in [-0.15, -0.1) is 0 Å². The van der Waals surface area contributed by atoms with Crippen molar-refractivity contribution in [3.63, 3.8) is 0 Å². The van der Waals surface area contributed by atoms with Crippen LogP contribution in [0.5, 0.6) is 0 Å². The summed E-state index contributed by atoms with van der Waals surface area (Å²) in [5.41, 5.74) is 1.38. The summed E-state index contributed by atoms with van der Waals surface area (Å²) in [6, 6.07) is 0. The van der Waals surface area contributed by atoms with Crippen LogP contribution >= 0.6 is 0 Å². The average molecular weight is 178 g/mol. The van der Waals surface area contributed by atoms with Crippen molar-refractivity contribution in [2.75, 3.05) is 7.11 Å². The minimum atomic E-state index is -0.211. The van der Waals surface area contributed by atoms with Gasteiger partial charge in [-0.3, -0.25) is 4.79 Å². The molecule has 0 unspecified atom stereocenters. The summed E-state index contributed by atoms with van der Waals surface area (Å²) in [5.74, 6) is -0.211. The standard InChI is InChI=1S/C8H6N2O3/c1-12-10-8-5-4-13-9-6(5)2-3-7(8)11/h2-4H,1H3/b10-8-. The average Bonchev–Trinajstić information content (AvgIpc) is 2.58. The van der Waals surface area contributed by atoms with Crippen LogP contribution in [0.1, 0.15) is 11.3 Å². The van der Waals surface area contributed by atoms with Crippen LogP contribution in [0.3, 0.4) is 0 Å². The molecule has 1 aliphatic carbocycles. The van der Waals surface area contributed by atoms with Gasteiger partial charge >= 0.3 is 0 Å². The molecule has 0 atom stereocenters. The number of ketones is 1. The van der Waals surface area contributed by atoms with Gasteiger partial charge in [0.05, 0.1) is 5.56 Å². The van der Waals surface area contributed by atoms with Crippen LogP contribution in [0.4, 0.5) is 0 Å². The Morgan fingerprint density at radius 3 is 3.15 bits per heavy atom. The first-order valence-electron chi connectivity index (χ1n) is 3.61. The molecule has 1 heterocycles. The smallest absolute Gasteiger partial charge is 0.208 e. The quantitative estimate of drug-likeness (QED) is 0.591. The summed E-state index contributed by atoms with van der Waals surface area (Å²) >= 11 is 0. The molecule has 0 spiro atoms. The van der Waals surface area contributed by atoms with Crippen LogP contribution in [0.2, 0.25) is 0 Å². The SMILES string of the molecule is CO/N=C1\C(=O)C=Cc2nocc21. The number of aromatic nitrogens is 1. The van der Waals surface area contributed by atoms with Gasteiger partial charge < -0.3 is 9.36 Å². The second kappa shape index (κ2) is 2.85. The van der Waals surface area contributed by atoms with Crippen LogP contribution in [0.15, 0.2) is 22.0 Å². The summed E-state index contributed by atoms with van der Waals surface area (Å²) in [6.07, 6.45) is 4.33. The van der Waals surface area contributed by atoms with Gasteiger partial charge in [-0.1, -0.05) is 10.3 Å². The highest BCUT2D eigenvalue weighted by Gasteiger charge is 2.22. The van der Waals surface area contributed by atoms with Crippen LogP contribution < -0.4 is 0 Å². The van der Waals surface area contributed by atoms with Crippen molar-refractivity contribution in [1.82, 2.24) is 5.16 Å². The van der Waals surface area contributed by atoms with Crippen molar-refractivity contribution < 1.29 is 14.2 Å². The Labute approximate surface area is 73.7 Å². The molecule has 66 valence electrons. The number of fused-ring (bicyclic) bond motifs is 1. The largest absolute Gasteiger partial charge is 0.399 e. The lowest BCUT2D eigenvalue weighted by molar-refractivity contribution is -0.109. The predicted molar refractivity (Wildman–Crippen MR) is 44.1 cm³/mol. The van der Waals surface area contributed by atoms with Crippen LogP contribution in [0.25, 0.3) is 6.08 Å². The molecule has 0 aromatic carbocycles. The summed E-state index contributed by atoms with van der Waals surface area (Å²) in [7, 11) is 1.38. The molecule has 1 aromatic rings. The fourth-order valence-electron chi connectivity index (χ4n) is 1.09. The Bertz CT molecular complexity index is 403. The number of carbonyl (C=O) groups is 1. The zero-order chi connectivity index (χ0) is 9.26. The van der Waals surface area contributed by atoms with Gasteiger partial charge in [0.15, 0.2) is 5.71 Å². The van der Waals surface area contributed by atoms with E-state index in [1.807, 2.05) is 0 Å². The molecule has 5 nitrogen and oxygen atoms in total. The first kappa shape index (κ1) is 7.72. The Morgan fingerprint density at radius 2 is 2.38 bits per heavy atom. The number of carbonyl (C=O) groups excluding carboxylic acids is 1. The van der Waals surface area contributed by atoms with E-state index >= 15 is 0 Å². The van der Waals surface area contributed by atoms with E-state index in [0.717, 1.165) is 0 Å². The van der Waals surface area contributed by atoms with E-state index in [-0.39, 0.29) is 11.5 Å². The highest BCUT2D eigenvalue weighted by atomic mass is 16.6. The first-order valence-corrected chi connectivity index (χ1v) is 3.61. The van der Waals surface area contributed by atoms with Crippen LogP contribution in [-0.4, -0.2) is 23.8 Å². The van der Waals surface area contributed by atoms with Crippen molar-refractivity contribution in [2.24, 2.45) is 5.16 Å². The fourth-order valence-corrected chi connectivity index (χ4v) is 1.09. The second-order valence-electron chi connectivity index (χ2n) is 2.43. The highest BCUT2D eigenvalue weighted by molar-refractivity contribution is 6.51. The maximum atomic E-state index is 11.3. The molecule has 0 amide bonds. The van der Waals surface area contributed by atoms with E-state index in [9.17, 15) is 4.79 Å². The monoisotopic (exact) mass is 178 g/mol. The van der Waals surface area contributed by atoms with Crippen molar-refractivity contribution >= 4 is 17.6 Å². The molecule has 13 heavy (non-hydrogen) atoms. The minimum absolute atomic E-state index is 0.211. The third-order valence-corrected chi connectivity index (χ3v) is 1.66. The molecule has 0 fully saturated rings.